The zero-order valence-electron chi connectivity index (χ0n) is 16.5. The van der Waals surface area contributed by atoms with Gasteiger partial charge in [-0.05, 0) is 43.0 Å². The molecule has 29 heavy (non-hydrogen) atoms. The Morgan fingerprint density at radius 3 is 2.83 bits per heavy atom. The Bertz CT molecular complexity index is 864. The van der Waals surface area contributed by atoms with E-state index in [1.165, 1.54) is 6.07 Å². The number of hydrazine groups is 1. The van der Waals surface area contributed by atoms with Gasteiger partial charge in [0.25, 0.3) is 0 Å². The van der Waals surface area contributed by atoms with Crippen LogP contribution in [0.3, 0.4) is 0 Å². The SMILES string of the molecule is COc1ccc(CN2CCCC(C3NNCC3c3ccc(F)cc3F)C2)c(O)c1. The smallest absolute Gasteiger partial charge is 0.129 e. The highest BCUT2D eigenvalue weighted by Gasteiger charge is 2.37. The molecule has 0 aromatic heterocycles. The topological polar surface area (TPSA) is 56.8 Å². The lowest BCUT2D eigenvalue weighted by molar-refractivity contribution is 0.138. The summed E-state index contributed by atoms with van der Waals surface area (Å²) < 4.78 is 32.8. The van der Waals surface area contributed by atoms with E-state index in [1.807, 2.05) is 12.1 Å². The molecule has 3 unspecified atom stereocenters. The number of aromatic hydroxyl groups is 1. The first-order valence-corrected chi connectivity index (χ1v) is 10.1. The molecule has 3 atom stereocenters. The van der Waals surface area contributed by atoms with E-state index in [2.05, 4.69) is 15.8 Å². The number of benzene rings is 2. The molecule has 0 spiro atoms. The number of methoxy groups -OCH3 is 1. The normalized spacial score (nSPS) is 25.3. The molecule has 2 aromatic carbocycles. The number of ether oxygens (including phenoxy) is 1. The monoisotopic (exact) mass is 403 g/mol. The second-order valence-corrected chi connectivity index (χ2v) is 7.96. The molecule has 2 aromatic rings. The number of rotatable bonds is 5. The molecule has 7 heteroatoms. The standard InChI is InChI=1S/C22H27F2N3O2/c1-29-17-6-4-14(21(28)10-17)12-27-8-2-3-15(13-27)22-19(11-25-26-22)18-7-5-16(23)9-20(18)24/h4-7,9-10,15,19,22,25-26,28H,2-3,8,11-13H2,1H3. The minimum absolute atomic E-state index is 0.0464. The Kier molecular flexibility index (Phi) is 5.99. The summed E-state index contributed by atoms with van der Waals surface area (Å²) in [6.45, 7) is 3.08. The van der Waals surface area contributed by atoms with Gasteiger partial charge < -0.3 is 9.84 Å². The quantitative estimate of drug-likeness (QED) is 0.716. The van der Waals surface area contributed by atoms with Crippen molar-refractivity contribution in [3.63, 3.8) is 0 Å². The van der Waals surface area contributed by atoms with Crippen LogP contribution in [-0.2, 0) is 6.54 Å². The van der Waals surface area contributed by atoms with Gasteiger partial charge in [0.15, 0.2) is 0 Å². The number of nitrogens with one attached hydrogen (secondary N) is 2. The van der Waals surface area contributed by atoms with Crippen molar-refractivity contribution in [3.8, 4) is 11.5 Å². The zero-order valence-corrected chi connectivity index (χ0v) is 16.5. The van der Waals surface area contributed by atoms with E-state index in [0.717, 1.165) is 37.6 Å². The molecule has 0 saturated carbocycles. The van der Waals surface area contributed by atoms with Crippen LogP contribution in [0, 0.1) is 17.6 Å². The van der Waals surface area contributed by atoms with E-state index in [1.54, 1.807) is 19.2 Å². The minimum Gasteiger partial charge on any atom is -0.507 e. The van der Waals surface area contributed by atoms with Crippen LogP contribution in [0.15, 0.2) is 36.4 Å². The van der Waals surface area contributed by atoms with Crippen LogP contribution < -0.4 is 15.6 Å². The first-order valence-electron chi connectivity index (χ1n) is 10.1. The molecule has 2 saturated heterocycles. The maximum Gasteiger partial charge on any atom is 0.129 e. The van der Waals surface area contributed by atoms with Gasteiger partial charge in [-0.3, -0.25) is 15.8 Å². The Labute approximate surface area is 169 Å². The molecule has 5 nitrogen and oxygen atoms in total. The summed E-state index contributed by atoms with van der Waals surface area (Å²) in [5.74, 6) is 0.112. The molecule has 0 bridgehead atoms. The van der Waals surface area contributed by atoms with Gasteiger partial charge in [-0.15, -0.1) is 0 Å². The van der Waals surface area contributed by atoms with Gasteiger partial charge in [-0.25, -0.2) is 8.78 Å². The lowest BCUT2D eigenvalue weighted by atomic mass is 9.81. The second-order valence-electron chi connectivity index (χ2n) is 7.96. The van der Waals surface area contributed by atoms with E-state index < -0.39 is 11.6 Å². The highest BCUT2D eigenvalue weighted by atomic mass is 19.1. The molecule has 2 fully saturated rings. The Morgan fingerprint density at radius 2 is 2.07 bits per heavy atom. The van der Waals surface area contributed by atoms with E-state index in [4.69, 9.17) is 4.74 Å². The third kappa shape index (κ3) is 4.37. The predicted octanol–water partition coefficient (Wildman–Crippen LogP) is 3.15. The molecule has 3 N–H and O–H groups in total. The van der Waals surface area contributed by atoms with Crippen molar-refractivity contribution in [2.75, 3.05) is 26.7 Å². The van der Waals surface area contributed by atoms with Gasteiger partial charge in [0.05, 0.1) is 7.11 Å². The van der Waals surface area contributed by atoms with Gasteiger partial charge in [-0.1, -0.05) is 12.1 Å². The Hall–Kier alpha value is -2.22. The van der Waals surface area contributed by atoms with Crippen LogP contribution in [0.25, 0.3) is 0 Å². The number of hydrogen-bond acceptors (Lipinski definition) is 5. The summed E-state index contributed by atoms with van der Waals surface area (Å²) in [4.78, 5) is 2.33. The third-order valence-corrected chi connectivity index (χ3v) is 6.12. The summed E-state index contributed by atoms with van der Waals surface area (Å²) in [7, 11) is 1.58. The van der Waals surface area contributed by atoms with Crippen LogP contribution in [0.1, 0.15) is 29.9 Å². The summed E-state index contributed by atoms with van der Waals surface area (Å²) in [6.07, 6.45) is 2.09. The zero-order chi connectivity index (χ0) is 20.4. The van der Waals surface area contributed by atoms with E-state index >= 15 is 0 Å². The largest absolute Gasteiger partial charge is 0.507 e. The highest BCUT2D eigenvalue weighted by molar-refractivity contribution is 5.39. The van der Waals surface area contributed by atoms with Crippen molar-refractivity contribution < 1.29 is 18.6 Å². The van der Waals surface area contributed by atoms with Crippen LogP contribution in [0.5, 0.6) is 11.5 Å². The van der Waals surface area contributed by atoms with Crippen molar-refractivity contribution in [3.05, 3.63) is 59.2 Å². The van der Waals surface area contributed by atoms with Crippen molar-refractivity contribution in [2.24, 2.45) is 5.92 Å². The van der Waals surface area contributed by atoms with Crippen molar-refractivity contribution in [1.29, 1.82) is 0 Å². The molecule has 4 rings (SSSR count). The molecule has 0 radical (unpaired) electrons. The van der Waals surface area contributed by atoms with Crippen LogP contribution in [-0.4, -0.2) is 42.8 Å². The number of phenols is 1. The first-order chi connectivity index (χ1) is 14.0. The van der Waals surface area contributed by atoms with Gasteiger partial charge in [0.1, 0.15) is 23.1 Å². The van der Waals surface area contributed by atoms with Crippen molar-refractivity contribution >= 4 is 0 Å². The van der Waals surface area contributed by atoms with Crippen molar-refractivity contribution in [1.82, 2.24) is 15.8 Å². The molecular formula is C22H27F2N3O2. The molecule has 0 aliphatic carbocycles. The summed E-state index contributed by atoms with van der Waals surface area (Å²) >= 11 is 0. The lowest BCUT2D eigenvalue weighted by Crippen LogP contribution is -2.46. The second kappa shape index (κ2) is 8.65. The summed E-state index contributed by atoms with van der Waals surface area (Å²) in [6, 6.07) is 9.30. The molecule has 0 amide bonds. The number of nitrogens with zero attached hydrogens (tertiary/aromatic N) is 1. The van der Waals surface area contributed by atoms with Crippen molar-refractivity contribution in [2.45, 2.75) is 31.3 Å². The van der Waals surface area contributed by atoms with Gasteiger partial charge >= 0.3 is 0 Å². The molecule has 2 heterocycles. The maximum atomic E-state index is 14.4. The van der Waals surface area contributed by atoms with Gasteiger partial charge in [-0.2, -0.15) is 0 Å². The molecule has 2 aliphatic heterocycles. The molecule has 2 aliphatic rings. The Morgan fingerprint density at radius 1 is 1.21 bits per heavy atom. The van der Waals surface area contributed by atoms with Crippen LogP contribution in [0.4, 0.5) is 8.78 Å². The number of likely N-dealkylation sites (tertiary alicyclic amines) is 1. The fourth-order valence-corrected chi connectivity index (χ4v) is 4.64. The van der Waals surface area contributed by atoms with Gasteiger partial charge in [0, 0.05) is 49.3 Å². The first kappa shape index (κ1) is 20.1. The average Bonchev–Trinajstić information content (AvgIpc) is 3.19. The minimum atomic E-state index is -0.551. The highest BCUT2D eigenvalue weighted by Crippen LogP contribution is 2.34. The van der Waals surface area contributed by atoms with E-state index in [-0.39, 0.29) is 17.7 Å². The fraction of sp³-hybridized carbons (Fsp3) is 0.455. The number of piperidine rings is 1. The maximum absolute atomic E-state index is 14.4. The van der Waals surface area contributed by atoms with E-state index in [9.17, 15) is 13.9 Å². The number of halogens is 2. The number of hydrogen-bond donors (Lipinski definition) is 3. The number of phenolic OH excluding ortho intramolecular Hbond substituents is 1. The summed E-state index contributed by atoms with van der Waals surface area (Å²) in [5.41, 5.74) is 7.91. The van der Waals surface area contributed by atoms with E-state index in [0.29, 0.717) is 30.3 Å². The lowest BCUT2D eigenvalue weighted by Gasteiger charge is -2.37. The summed E-state index contributed by atoms with van der Waals surface area (Å²) in [5, 5.41) is 10.3. The molecule has 156 valence electrons. The van der Waals surface area contributed by atoms with Crippen LogP contribution in [0.2, 0.25) is 0 Å². The Balaban J connectivity index is 1.46. The van der Waals surface area contributed by atoms with Gasteiger partial charge in [0.2, 0.25) is 0 Å². The molecular weight excluding hydrogens is 376 g/mol. The third-order valence-electron chi connectivity index (χ3n) is 6.12. The fourth-order valence-electron chi connectivity index (χ4n) is 4.64. The average molecular weight is 403 g/mol. The van der Waals surface area contributed by atoms with Crippen LogP contribution >= 0.6 is 0 Å². The predicted molar refractivity (Wildman–Crippen MR) is 107 cm³/mol.